The first-order valence-electron chi connectivity index (χ1n) is 9.22. The summed E-state index contributed by atoms with van der Waals surface area (Å²) in [7, 11) is 3.10. The molecule has 3 rings (SSSR count). The maximum atomic E-state index is 12.8. The van der Waals surface area contributed by atoms with Crippen LogP contribution in [0.15, 0.2) is 18.2 Å². The summed E-state index contributed by atoms with van der Waals surface area (Å²) >= 11 is 0. The third kappa shape index (κ3) is 4.70. The van der Waals surface area contributed by atoms with Gasteiger partial charge in [0.25, 0.3) is 5.91 Å². The molecule has 0 aromatic heterocycles. The minimum absolute atomic E-state index is 0.0782. The number of benzene rings is 1. The number of amides is 2. The Morgan fingerprint density at radius 1 is 1.15 bits per heavy atom. The molecule has 0 spiro atoms. The molecule has 0 bridgehead atoms. The third-order valence-electron chi connectivity index (χ3n) is 4.98. The van der Waals surface area contributed by atoms with Gasteiger partial charge in [-0.2, -0.15) is 0 Å². The Morgan fingerprint density at radius 3 is 2.52 bits per heavy atom. The standard InChI is InChI=1S/C19H27N3O5/c1-25-15-3-4-16(17(12-15)26-2)19(24)22-8-6-21(7-9-22)18(23)11-14-13-27-10-5-20-14/h3-4,12,14,20H,5-11,13H2,1-2H3. The molecular weight excluding hydrogens is 350 g/mol. The van der Waals surface area contributed by atoms with E-state index in [4.69, 9.17) is 14.2 Å². The Bertz CT molecular complexity index is 667. The van der Waals surface area contributed by atoms with Crippen molar-refractivity contribution in [3.8, 4) is 11.5 Å². The second kappa shape index (κ2) is 9.05. The van der Waals surface area contributed by atoms with Crippen molar-refractivity contribution in [3.05, 3.63) is 23.8 Å². The van der Waals surface area contributed by atoms with Gasteiger partial charge in [-0.3, -0.25) is 9.59 Å². The molecule has 0 saturated carbocycles. The van der Waals surface area contributed by atoms with Gasteiger partial charge in [-0.15, -0.1) is 0 Å². The van der Waals surface area contributed by atoms with Gasteiger partial charge < -0.3 is 29.3 Å². The highest BCUT2D eigenvalue weighted by molar-refractivity contribution is 5.97. The number of carbonyl (C=O) groups is 2. The molecule has 2 amide bonds. The van der Waals surface area contributed by atoms with Crippen molar-refractivity contribution < 1.29 is 23.8 Å². The lowest BCUT2D eigenvalue weighted by Gasteiger charge is -2.36. The molecule has 0 radical (unpaired) electrons. The van der Waals surface area contributed by atoms with Crippen LogP contribution in [-0.2, 0) is 9.53 Å². The van der Waals surface area contributed by atoms with Gasteiger partial charge in [-0.1, -0.05) is 0 Å². The number of morpholine rings is 1. The van der Waals surface area contributed by atoms with E-state index in [1.807, 2.05) is 4.90 Å². The smallest absolute Gasteiger partial charge is 0.257 e. The number of nitrogens with zero attached hydrogens (tertiary/aromatic N) is 2. The SMILES string of the molecule is COc1ccc(C(=O)N2CCN(C(=O)CC3COCCN3)CC2)c(OC)c1. The van der Waals surface area contributed by atoms with Crippen LogP contribution < -0.4 is 14.8 Å². The van der Waals surface area contributed by atoms with E-state index < -0.39 is 0 Å². The highest BCUT2D eigenvalue weighted by Crippen LogP contribution is 2.26. The van der Waals surface area contributed by atoms with E-state index in [2.05, 4.69) is 5.32 Å². The molecule has 1 atom stereocenters. The number of rotatable bonds is 5. The number of ether oxygens (including phenoxy) is 3. The molecule has 1 aromatic carbocycles. The van der Waals surface area contributed by atoms with Crippen molar-refractivity contribution >= 4 is 11.8 Å². The Balaban J connectivity index is 1.55. The molecule has 1 aromatic rings. The molecular formula is C19H27N3O5. The van der Waals surface area contributed by atoms with Crippen molar-refractivity contribution in [1.29, 1.82) is 0 Å². The molecule has 2 saturated heterocycles. The molecule has 8 heteroatoms. The Kier molecular flexibility index (Phi) is 6.52. The van der Waals surface area contributed by atoms with Crippen LogP contribution in [-0.4, -0.2) is 87.8 Å². The van der Waals surface area contributed by atoms with E-state index in [9.17, 15) is 9.59 Å². The first-order valence-corrected chi connectivity index (χ1v) is 9.22. The predicted molar refractivity (Wildman–Crippen MR) is 99.3 cm³/mol. The van der Waals surface area contributed by atoms with Gasteiger partial charge in [0.1, 0.15) is 11.5 Å². The summed E-state index contributed by atoms with van der Waals surface area (Å²) in [5.74, 6) is 1.14. The minimum atomic E-state index is -0.0936. The van der Waals surface area contributed by atoms with Crippen LogP contribution in [0, 0.1) is 0 Å². The van der Waals surface area contributed by atoms with Gasteiger partial charge >= 0.3 is 0 Å². The number of hydrogen-bond acceptors (Lipinski definition) is 6. The zero-order chi connectivity index (χ0) is 19.2. The van der Waals surface area contributed by atoms with Crippen LogP contribution >= 0.6 is 0 Å². The fraction of sp³-hybridized carbons (Fsp3) is 0.579. The Morgan fingerprint density at radius 2 is 1.89 bits per heavy atom. The highest BCUT2D eigenvalue weighted by Gasteiger charge is 2.28. The lowest BCUT2D eigenvalue weighted by atomic mass is 10.1. The summed E-state index contributed by atoms with van der Waals surface area (Å²) in [5.41, 5.74) is 0.502. The van der Waals surface area contributed by atoms with Crippen LogP contribution in [0.25, 0.3) is 0 Å². The number of hydrogen-bond donors (Lipinski definition) is 1. The van der Waals surface area contributed by atoms with Crippen LogP contribution in [0.4, 0.5) is 0 Å². The van der Waals surface area contributed by atoms with Crippen LogP contribution in [0.3, 0.4) is 0 Å². The molecule has 2 heterocycles. The van der Waals surface area contributed by atoms with E-state index in [0.29, 0.717) is 62.9 Å². The molecule has 2 fully saturated rings. The van der Waals surface area contributed by atoms with Crippen molar-refractivity contribution in [2.75, 3.05) is 60.2 Å². The van der Waals surface area contributed by atoms with Crippen molar-refractivity contribution in [3.63, 3.8) is 0 Å². The third-order valence-corrected chi connectivity index (χ3v) is 4.98. The fourth-order valence-electron chi connectivity index (χ4n) is 3.40. The topological polar surface area (TPSA) is 80.3 Å². The number of piperazine rings is 1. The monoisotopic (exact) mass is 377 g/mol. The van der Waals surface area contributed by atoms with Gasteiger partial charge in [0.05, 0.1) is 33.0 Å². The summed E-state index contributed by atoms with van der Waals surface area (Å²) in [4.78, 5) is 28.9. The quantitative estimate of drug-likeness (QED) is 0.799. The second-order valence-electron chi connectivity index (χ2n) is 6.67. The van der Waals surface area contributed by atoms with Crippen LogP contribution in [0.5, 0.6) is 11.5 Å². The number of carbonyl (C=O) groups excluding carboxylic acids is 2. The predicted octanol–water partition coefficient (Wildman–Crippen LogP) is 0.367. The maximum absolute atomic E-state index is 12.8. The molecule has 1 N–H and O–H groups in total. The average molecular weight is 377 g/mol. The molecule has 0 aliphatic carbocycles. The van der Waals surface area contributed by atoms with Crippen molar-refractivity contribution in [1.82, 2.24) is 15.1 Å². The van der Waals surface area contributed by atoms with Crippen molar-refractivity contribution in [2.45, 2.75) is 12.5 Å². The molecule has 148 valence electrons. The van der Waals surface area contributed by atoms with E-state index in [1.165, 1.54) is 7.11 Å². The zero-order valence-corrected chi connectivity index (χ0v) is 15.9. The summed E-state index contributed by atoms with van der Waals surface area (Å²) < 4.78 is 15.9. The van der Waals surface area contributed by atoms with E-state index >= 15 is 0 Å². The first kappa shape index (κ1) is 19.4. The minimum Gasteiger partial charge on any atom is -0.497 e. The van der Waals surface area contributed by atoms with Crippen LogP contribution in [0.1, 0.15) is 16.8 Å². The normalized spacial score (nSPS) is 20.3. The summed E-state index contributed by atoms with van der Waals surface area (Å²) in [6, 6.07) is 5.24. The average Bonchev–Trinajstić information content (AvgIpc) is 2.73. The highest BCUT2D eigenvalue weighted by atomic mass is 16.5. The summed E-state index contributed by atoms with van der Waals surface area (Å²) in [6.07, 6.45) is 0.431. The van der Waals surface area contributed by atoms with Gasteiger partial charge in [0, 0.05) is 51.3 Å². The molecule has 27 heavy (non-hydrogen) atoms. The number of nitrogens with one attached hydrogen (secondary N) is 1. The van der Waals surface area contributed by atoms with Crippen molar-refractivity contribution in [2.24, 2.45) is 0 Å². The Labute approximate surface area is 159 Å². The lowest BCUT2D eigenvalue weighted by Crippen LogP contribution is -2.52. The zero-order valence-electron chi connectivity index (χ0n) is 15.9. The van der Waals surface area contributed by atoms with Gasteiger partial charge in [-0.25, -0.2) is 0 Å². The summed E-state index contributed by atoms with van der Waals surface area (Å²) in [6.45, 7) is 4.14. The van der Waals surface area contributed by atoms with Gasteiger partial charge in [-0.05, 0) is 12.1 Å². The number of methoxy groups -OCH3 is 2. The summed E-state index contributed by atoms with van der Waals surface area (Å²) in [5, 5.41) is 3.30. The molecule has 1 unspecified atom stereocenters. The van der Waals surface area contributed by atoms with E-state index in [0.717, 1.165) is 6.54 Å². The van der Waals surface area contributed by atoms with Gasteiger partial charge in [0.15, 0.2) is 0 Å². The lowest BCUT2D eigenvalue weighted by molar-refractivity contribution is -0.133. The fourth-order valence-corrected chi connectivity index (χ4v) is 3.40. The second-order valence-corrected chi connectivity index (χ2v) is 6.67. The first-order chi connectivity index (χ1) is 13.1. The van der Waals surface area contributed by atoms with E-state index in [1.54, 1.807) is 30.2 Å². The maximum Gasteiger partial charge on any atom is 0.257 e. The van der Waals surface area contributed by atoms with Crippen LogP contribution in [0.2, 0.25) is 0 Å². The largest absolute Gasteiger partial charge is 0.497 e. The molecule has 8 nitrogen and oxygen atoms in total. The Hall–Kier alpha value is -2.32. The molecule has 2 aliphatic rings. The molecule has 2 aliphatic heterocycles. The van der Waals surface area contributed by atoms with E-state index in [-0.39, 0.29) is 17.9 Å². The van der Waals surface area contributed by atoms with Gasteiger partial charge in [0.2, 0.25) is 5.91 Å².